The van der Waals surface area contributed by atoms with Gasteiger partial charge in [0.05, 0.1) is 17.1 Å². The van der Waals surface area contributed by atoms with E-state index in [1.165, 1.54) is 5.56 Å². The van der Waals surface area contributed by atoms with Crippen LogP contribution in [0.15, 0.2) is 48.5 Å². The average Bonchev–Trinajstić information content (AvgIpc) is 2.96. The highest BCUT2D eigenvalue weighted by atomic mass is 16.1. The summed E-state index contributed by atoms with van der Waals surface area (Å²) in [5, 5.41) is 0. The third kappa shape index (κ3) is 3.10. The number of para-hydroxylation sites is 1. The Balaban J connectivity index is 2.02. The molecule has 3 rings (SSSR count). The van der Waals surface area contributed by atoms with Crippen LogP contribution in [-0.4, -0.2) is 34.9 Å². The van der Waals surface area contributed by atoms with E-state index in [0.717, 1.165) is 17.8 Å². The number of benzene rings is 2. The standard InChI is InChI=1S/C18H20N4O/c1-22(2)15(11-12-7-4-3-5-8-12)18-20-14-10-6-9-13(17(19)23)16(14)21-18/h3-10,15H,11H2,1-2H3,(H2,19,23)(H,20,21). The lowest BCUT2D eigenvalue weighted by Gasteiger charge is -2.22. The number of H-pyrrole nitrogens is 1. The van der Waals surface area contributed by atoms with Crippen LogP contribution in [0.1, 0.15) is 27.8 Å². The van der Waals surface area contributed by atoms with Gasteiger partial charge in [0.25, 0.3) is 5.91 Å². The Morgan fingerprint density at radius 3 is 2.57 bits per heavy atom. The molecule has 0 aliphatic carbocycles. The van der Waals surface area contributed by atoms with E-state index >= 15 is 0 Å². The van der Waals surface area contributed by atoms with Crippen LogP contribution in [0.5, 0.6) is 0 Å². The molecule has 0 bridgehead atoms. The largest absolute Gasteiger partial charge is 0.366 e. The van der Waals surface area contributed by atoms with Gasteiger partial charge in [-0.1, -0.05) is 36.4 Å². The van der Waals surface area contributed by atoms with E-state index in [0.29, 0.717) is 11.1 Å². The highest BCUT2D eigenvalue weighted by molar-refractivity contribution is 6.04. The van der Waals surface area contributed by atoms with Crippen LogP contribution < -0.4 is 5.73 Å². The van der Waals surface area contributed by atoms with E-state index in [-0.39, 0.29) is 6.04 Å². The third-order valence-corrected chi connectivity index (χ3v) is 4.01. The first-order valence-corrected chi connectivity index (χ1v) is 7.55. The van der Waals surface area contributed by atoms with Crippen LogP contribution in [0, 0.1) is 0 Å². The zero-order valence-electron chi connectivity index (χ0n) is 13.3. The predicted molar refractivity (Wildman–Crippen MR) is 91.2 cm³/mol. The topological polar surface area (TPSA) is 75.0 Å². The maximum Gasteiger partial charge on any atom is 0.250 e. The van der Waals surface area contributed by atoms with Gasteiger partial charge in [-0.2, -0.15) is 0 Å². The Hall–Kier alpha value is -2.66. The molecule has 1 heterocycles. The first-order valence-electron chi connectivity index (χ1n) is 7.55. The lowest BCUT2D eigenvalue weighted by molar-refractivity contribution is 0.100. The third-order valence-electron chi connectivity index (χ3n) is 4.01. The molecule has 5 heteroatoms. The minimum Gasteiger partial charge on any atom is -0.366 e. The first-order chi connectivity index (χ1) is 11.1. The summed E-state index contributed by atoms with van der Waals surface area (Å²) in [6.45, 7) is 0. The van der Waals surface area contributed by atoms with Gasteiger partial charge in [-0.25, -0.2) is 4.98 Å². The van der Waals surface area contributed by atoms with E-state index in [2.05, 4.69) is 27.0 Å². The Kier molecular flexibility index (Phi) is 4.12. The molecular weight excluding hydrogens is 288 g/mol. The molecule has 23 heavy (non-hydrogen) atoms. The van der Waals surface area contributed by atoms with Crippen LogP contribution in [0.2, 0.25) is 0 Å². The highest BCUT2D eigenvalue weighted by Crippen LogP contribution is 2.24. The Morgan fingerprint density at radius 1 is 1.17 bits per heavy atom. The number of aromatic nitrogens is 2. The molecule has 1 amide bonds. The summed E-state index contributed by atoms with van der Waals surface area (Å²) in [5.74, 6) is 0.376. The number of nitrogens with two attached hydrogens (primary N) is 1. The summed E-state index contributed by atoms with van der Waals surface area (Å²) in [6.07, 6.45) is 0.833. The van der Waals surface area contributed by atoms with E-state index in [1.54, 1.807) is 6.07 Å². The number of hydrogen-bond donors (Lipinski definition) is 2. The summed E-state index contributed by atoms with van der Waals surface area (Å²) >= 11 is 0. The van der Waals surface area contributed by atoms with E-state index in [4.69, 9.17) is 5.73 Å². The Labute approximate surface area is 135 Å². The fourth-order valence-corrected chi connectivity index (χ4v) is 2.77. The predicted octanol–water partition coefficient (Wildman–Crippen LogP) is 2.51. The van der Waals surface area contributed by atoms with Crippen LogP contribution in [0.25, 0.3) is 11.0 Å². The van der Waals surface area contributed by atoms with Gasteiger partial charge in [0.1, 0.15) is 11.3 Å². The van der Waals surface area contributed by atoms with Crippen LogP contribution in [0.4, 0.5) is 0 Å². The number of likely N-dealkylation sites (N-methyl/N-ethyl adjacent to an activating group) is 1. The van der Waals surface area contributed by atoms with Gasteiger partial charge in [-0.05, 0) is 38.2 Å². The highest BCUT2D eigenvalue weighted by Gasteiger charge is 2.20. The van der Waals surface area contributed by atoms with Crippen molar-refractivity contribution in [2.45, 2.75) is 12.5 Å². The normalized spacial score (nSPS) is 12.7. The van der Waals surface area contributed by atoms with Gasteiger partial charge in [-0.15, -0.1) is 0 Å². The van der Waals surface area contributed by atoms with Crippen molar-refractivity contribution in [2.75, 3.05) is 14.1 Å². The number of carbonyl (C=O) groups is 1. The van der Waals surface area contributed by atoms with Crippen molar-refractivity contribution >= 4 is 16.9 Å². The number of rotatable bonds is 5. The SMILES string of the molecule is CN(C)C(Cc1ccccc1)c1nc2c(C(N)=O)cccc2[nH]1. The van der Waals surface area contributed by atoms with E-state index in [9.17, 15) is 4.79 Å². The molecule has 118 valence electrons. The molecule has 0 aliphatic rings. The molecule has 2 aromatic carbocycles. The van der Waals surface area contributed by atoms with Crippen molar-refractivity contribution in [1.82, 2.24) is 14.9 Å². The van der Waals surface area contributed by atoms with Gasteiger partial charge in [0, 0.05) is 0 Å². The first kappa shape index (κ1) is 15.2. The zero-order chi connectivity index (χ0) is 16.4. The Morgan fingerprint density at radius 2 is 1.91 bits per heavy atom. The van der Waals surface area contributed by atoms with E-state index < -0.39 is 5.91 Å². The quantitative estimate of drug-likeness (QED) is 0.760. The number of fused-ring (bicyclic) bond motifs is 1. The second kappa shape index (κ2) is 6.22. The van der Waals surface area contributed by atoms with Crippen LogP contribution in [0.3, 0.4) is 0 Å². The minimum absolute atomic E-state index is 0.0885. The molecule has 3 N–H and O–H groups in total. The van der Waals surface area contributed by atoms with Crippen molar-refractivity contribution in [1.29, 1.82) is 0 Å². The number of carbonyl (C=O) groups excluding carboxylic acids is 1. The molecule has 0 radical (unpaired) electrons. The number of nitrogens with zero attached hydrogens (tertiary/aromatic N) is 2. The Bertz CT molecular complexity index is 823. The summed E-state index contributed by atoms with van der Waals surface area (Å²) in [5.41, 5.74) is 8.59. The minimum atomic E-state index is -0.460. The number of amides is 1. The molecule has 3 aromatic rings. The number of aromatic amines is 1. The lowest BCUT2D eigenvalue weighted by atomic mass is 10.0. The monoisotopic (exact) mass is 308 g/mol. The molecule has 1 atom stereocenters. The van der Waals surface area contributed by atoms with Gasteiger partial charge >= 0.3 is 0 Å². The molecule has 0 fully saturated rings. The maximum atomic E-state index is 11.6. The summed E-state index contributed by atoms with van der Waals surface area (Å²) in [4.78, 5) is 21.7. The number of nitrogens with one attached hydrogen (secondary N) is 1. The van der Waals surface area contributed by atoms with Crippen molar-refractivity contribution in [2.24, 2.45) is 5.73 Å². The van der Waals surface area contributed by atoms with Crippen LogP contribution in [-0.2, 0) is 6.42 Å². The molecule has 0 saturated carbocycles. The zero-order valence-corrected chi connectivity index (χ0v) is 13.3. The fourth-order valence-electron chi connectivity index (χ4n) is 2.77. The lowest BCUT2D eigenvalue weighted by Crippen LogP contribution is -2.23. The number of imidazole rings is 1. The molecule has 0 spiro atoms. The molecule has 0 saturated heterocycles. The number of hydrogen-bond acceptors (Lipinski definition) is 3. The van der Waals surface area contributed by atoms with Crippen molar-refractivity contribution in [3.63, 3.8) is 0 Å². The van der Waals surface area contributed by atoms with E-state index in [1.807, 2.05) is 44.4 Å². The summed E-state index contributed by atoms with van der Waals surface area (Å²) in [7, 11) is 4.05. The van der Waals surface area contributed by atoms with Gasteiger partial charge in [0.15, 0.2) is 0 Å². The van der Waals surface area contributed by atoms with Crippen molar-refractivity contribution in [3.8, 4) is 0 Å². The molecular formula is C18H20N4O. The molecule has 1 unspecified atom stereocenters. The second-order valence-corrected chi connectivity index (χ2v) is 5.86. The van der Waals surface area contributed by atoms with Crippen LogP contribution >= 0.6 is 0 Å². The fraction of sp³-hybridized carbons (Fsp3) is 0.222. The second-order valence-electron chi connectivity index (χ2n) is 5.86. The maximum absolute atomic E-state index is 11.6. The van der Waals surface area contributed by atoms with Crippen molar-refractivity contribution in [3.05, 3.63) is 65.5 Å². The molecule has 1 aromatic heterocycles. The average molecular weight is 308 g/mol. The van der Waals surface area contributed by atoms with Crippen molar-refractivity contribution < 1.29 is 4.79 Å². The van der Waals surface area contributed by atoms with Gasteiger partial charge in [0.2, 0.25) is 0 Å². The summed E-state index contributed by atoms with van der Waals surface area (Å²) in [6, 6.07) is 15.8. The molecule has 0 aliphatic heterocycles. The number of primary amides is 1. The van der Waals surface area contributed by atoms with Gasteiger partial charge in [-0.3, -0.25) is 9.69 Å². The molecule has 5 nitrogen and oxygen atoms in total. The summed E-state index contributed by atoms with van der Waals surface area (Å²) < 4.78 is 0. The smallest absolute Gasteiger partial charge is 0.250 e. The van der Waals surface area contributed by atoms with Gasteiger partial charge < -0.3 is 10.7 Å².